The summed E-state index contributed by atoms with van der Waals surface area (Å²) in [6.07, 6.45) is 0.883. The van der Waals surface area contributed by atoms with E-state index in [-0.39, 0.29) is 28.4 Å². The summed E-state index contributed by atoms with van der Waals surface area (Å²) in [5.41, 5.74) is 4.89. The molecule has 3 N–H and O–H groups in total. The van der Waals surface area contributed by atoms with Crippen molar-refractivity contribution < 1.29 is 9.53 Å². The van der Waals surface area contributed by atoms with Gasteiger partial charge in [-0.25, -0.2) is 0 Å². The SMILES string of the molecule is CC1(C)CC2(CNCC2C(N)=O)C(C)(C)O1. The first-order chi connectivity index (χ1) is 7.20. The Balaban J connectivity index is 2.40. The fourth-order valence-corrected chi connectivity index (χ4v) is 3.75. The van der Waals surface area contributed by atoms with Gasteiger partial charge in [-0.1, -0.05) is 0 Å². The molecule has 0 radical (unpaired) electrons. The molecule has 92 valence electrons. The van der Waals surface area contributed by atoms with E-state index in [0.29, 0.717) is 6.54 Å². The topological polar surface area (TPSA) is 64.3 Å². The van der Waals surface area contributed by atoms with E-state index in [0.717, 1.165) is 13.0 Å². The lowest BCUT2D eigenvalue weighted by molar-refractivity contribution is -0.132. The summed E-state index contributed by atoms with van der Waals surface area (Å²) in [4.78, 5) is 11.6. The van der Waals surface area contributed by atoms with Crippen LogP contribution in [-0.2, 0) is 9.53 Å². The molecule has 2 rings (SSSR count). The van der Waals surface area contributed by atoms with E-state index in [1.54, 1.807) is 0 Å². The average molecular weight is 226 g/mol. The average Bonchev–Trinajstić information content (AvgIpc) is 2.52. The molecule has 2 atom stereocenters. The molecule has 0 aliphatic carbocycles. The molecule has 2 saturated heterocycles. The van der Waals surface area contributed by atoms with E-state index in [1.807, 2.05) is 0 Å². The molecule has 16 heavy (non-hydrogen) atoms. The second-order valence-corrected chi connectivity index (χ2v) is 6.29. The molecule has 0 aromatic heterocycles. The Kier molecular flexibility index (Phi) is 2.37. The minimum absolute atomic E-state index is 0.121. The first kappa shape index (κ1) is 11.9. The van der Waals surface area contributed by atoms with Crippen molar-refractivity contribution in [3.8, 4) is 0 Å². The Hall–Kier alpha value is -0.610. The lowest BCUT2D eigenvalue weighted by atomic mass is 9.64. The van der Waals surface area contributed by atoms with Crippen molar-refractivity contribution in [1.29, 1.82) is 0 Å². The molecule has 1 amide bonds. The van der Waals surface area contributed by atoms with Gasteiger partial charge in [0.2, 0.25) is 5.91 Å². The summed E-state index contributed by atoms with van der Waals surface area (Å²) in [5.74, 6) is -0.330. The summed E-state index contributed by atoms with van der Waals surface area (Å²) in [7, 11) is 0. The summed E-state index contributed by atoms with van der Waals surface area (Å²) < 4.78 is 6.11. The number of primary amides is 1. The van der Waals surface area contributed by atoms with Crippen molar-refractivity contribution in [3.05, 3.63) is 0 Å². The Labute approximate surface area is 96.9 Å². The number of rotatable bonds is 1. The van der Waals surface area contributed by atoms with E-state index in [1.165, 1.54) is 0 Å². The van der Waals surface area contributed by atoms with Gasteiger partial charge < -0.3 is 15.8 Å². The van der Waals surface area contributed by atoms with Crippen molar-refractivity contribution in [3.63, 3.8) is 0 Å². The van der Waals surface area contributed by atoms with Crippen molar-refractivity contribution in [1.82, 2.24) is 5.32 Å². The van der Waals surface area contributed by atoms with Gasteiger partial charge in [0.1, 0.15) is 0 Å². The number of hydrogen-bond acceptors (Lipinski definition) is 3. The van der Waals surface area contributed by atoms with Crippen LogP contribution in [0.1, 0.15) is 34.1 Å². The summed E-state index contributed by atoms with van der Waals surface area (Å²) in [6, 6.07) is 0. The lowest BCUT2D eigenvalue weighted by Crippen LogP contribution is -2.49. The van der Waals surface area contributed by atoms with Gasteiger partial charge in [-0.05, 0) is 34.1 Å². The van der Waals surface area contributed by atoms with Crippen molar-refractivity contribution in [2.75, 3.05) is 13.1 Å². The molecule has 1 spiro atoms. The van der Waals surface area contributed by atoms with Gasteiger partial charge in [-0.2, -0.15) is 0 Å². The standard InChI is InChI=1S/C12H22N2O2/c1-10(2)6-12(11(3,4)16-10)7-14-5-8(12)9(13)15/h8,14H,5-7H2,1-4H3,(H2,13,15). The minimum Gasteiger partial charge on any atom is -0.369 e. The molecular weight excluding hydrogens is 204 g/mol. The first-order valence-electron chi connectivity index (χ1n) is 5.90. The highest BCUT2D eigenvalue weighted by Crippen LogP contribution is 2.56. The lowest BCUT2D eigenvalue weighted by Gasteiger charge is -2.39. The summed E-state index contributed by atoms with van der Waals surface area (Å²) in [5, 5.41) is 3.30. The number of carbonyl (C=O) groups excluding carboxylic acids is 1. The zero-order valence-electron chi connectivity index (χ0n) is 10.6. The maximum absolute atomic E-state index is 11.6. The van der Waals surface area contributed by atoms with Crippen LogP contribution in [0.25, 0.3) is 0 Å². The van der Waals surface area contributed by atoms with Crippen LogP contribution in [-0.4, -0.2) is 30.2 Å². The predicted octanol–water partition coefficient (Wildman–Crippen LogP) is 0.655. The van der Waals surface area contributed by atoms with E-state index in [4.69, 9.17) is 10.5 Å². The predicted molar refractivity (Wildman–Crippen MR) is 61.8 cm³/mol. The third kappa shape index (κ3) is 1.47. The maximum Gasteiger partial charge on any atom is 0.222 e. The molecule has 0 saturated carbocycles. The minimum atomic E-state index is -0.306. The van der Waals surface area contributed by atoms with Gasteiger partial charge in [0, 0.05) is 18.5 Å². The number of nitrogens with two attached hydrogens (primary N) is 1. The number of amides is 1. The highest BCUT2D eigenvalue weighted by Gasteiger charge is 2.63. The van der Waals surface area contributed by atoms with Gasteiger partial charge in [0.05, 0.1) is 17.1 Å². The second-order valence-electron chi connectivity index (χ2n) is 6.29. The van der Waals surface area contributed by atoms with Gasteiger partial charge >= 0.3 is 0 Å². The fourth-order valence-electron chi connectivity index (χ4n) is 3.75. The van der Waals surface area contributed by atoms with Gasteiger partial charge in [-0.3, -0.25) is 4.79 Å². The van der Waals surface area contributed by atoms with E-state index in [2.05, 4.69) is 33.0 Å². The smallest absolute Gasteiger partial charge is 0.222 e. The maximum atomic E-state index is 11.6. The molecular formula is C12H22N2O2. The van der Waals surface area contributed by atoms with E-state index < -0.39 is 0 Å². The summed E-state index contributed by atoms with van der Waals surface area (Å²) >= 11 is 0. The van der Waals surface area contributed by atoms with Crippen molar-refractivity contribution >= 4 is 5.91 Å². The molecule has 2 fully saturated rings. The monoisotopic (exact) mass is 226 g/mol. The quantitative estimate of drug-likeness (QED) is 0.690. The first-order valence-corrected chi connectivity index (χ1v) is 5.90. The van der Waals surface area contributed by atoms with Crippen LogP contribution in [0.15, 0.2) is 0 Å². The van der Waals surface area contributed by atoms with Gasteiger partial charge in [0.15, 0.2) is 0 Å². The van der Waals surface area contributed by atoms with Crippen LogP contribution in [0, 0.1) is 11.3 Å². The van der Waals surface area contributed by atoms with Gasteiger partial charge in [-0.15, -0.1) is 0 Å². The molecule has 2 aliphatic heterocycles. The van der Waals surface area contributed by atoms with E-state index in [9.17, 15) is 4.79 Å². The molecule has 2 aliphatic rings. The molecule has 0 bridgehead atoms. The Morgan fingerprint density at radius 1 is 1.38 bits per heavy atom. The normalized spacial score (nSPS) is 40.4. The van der Waals surface area contributed by atoms with Crippen LogP contribution in [0.3, 0.4) is 0 Å². The highest BCUT2D eigenvalue weighted by atomic mass is 16.5. The van der Waals surface area contributed by atoms with Crippen LogP contribution in [0.2, 0.25) is 0 Å². The number of carbonyl (C=O) groups is 1. The second kappa shape index (κ2) is 3.20. The third-order valence-electron chi connectivity index (χ3n) is 4.27. The molecule has 4 heteroatoms. The number of nitrogens with one attached hydrogen (secondary N) is 1. The molecule has 2 heterocycles. The van der Waals surface area contributed by atoms with Crippen LogP contribution in [0.4, 0.5) is 0 Å². The van der Waals surface area contributed by atoms with Crippen LogP contribution >= 0.6 is 0 Å². The highest BCUT2D eigenvalue weighted by molar-refractivity contribution is 5.78. The zero-order valence-corrected chi connectivity index (χ0v) is 10.6. The Morgan fingerprint density at radius 3 is 2.44 bits per heavy atom. The zero-order chi connectivity index (χ0) is 12.2. The molecule has 0 aromatic carbocycles. The van der Waals surface area contributed by atoms with E-state index >= 15 is 0 Å². The third-order valence-corrected chi connectivity index (χ3v) is 4.27. The molecule has 0 aromatic rings. The Morgan fingerprint density at radius 2 is 2.00 bits per heavy atom. The van der Waals surface area contributed by atoms with Gasteiger partial charge in [0.25, 0.3) is 0 Å². The number of ether oxygens (including phenoxy) is 1. The fraction of sp³-hybridized carbons (Fsp3) is 0.917. The van der Waals surface area contributed by atoms with Crippen LogP contribution < -0.4 is 11.1 Å². The van der Waals surface area contributed by atoms with Crippen molar-refractivity contribution in [2.45, 2.75) is 45.3 Å². The molecule has 4 nitrogen and oxygen atoms in total. The number of hydrogen-bond donors (Lipinski definition) is 2. The largest absolute Gasteiger partial charge is 0.369 e. The van der Waals surface area contributed by atoms with Crippen molar-refractivity contribution in [2.24, 2.45) is 17.1 Å². The summed E-state index contributed by atoms with van der Waals surface area (Å²) in [6.45, 7) is 9.81. The van der Waals surface area contributed by atoms with Crippen LogP contribution in [0.5, 0.6) is 0 Å². The Bertz CT molecular complexity index is 325. The molecule has 2 unspecified atom stereocenters.